The Morgan fingerprint density at radius 3 is 2.57 bits per heavy atom. The van der Waals surface area contributed by atoms with E-state index in [9.17, 15) is 9.59 Å². The molecule has 1 N–H and O–H groups in total. The Kier molecular flexibility index (Phi) is 4.67. The van der Waals surface area contributed by atoms with Gasteiger partial charge in [0, 0.05) is 18.8 Å². The van der Waals surface area contributed by atoms with Gasteiger partial charge in [0.25, 0.3) is 5.91 Å². The van der Waals surface area contributed by atoms with Crippen molar-refractivity contribution in [2.75, 3.05) is 10.3 Å². The molecular formula is C20H18N6O2. The first-order valence-electron chi connectivity index (χ1n) is 8.81. The van der Waals surface area contributed by atoms with Crippen LogP contribution in [0.5, 0.6) is 0 Å². The SMILES string of the molecule is CC(=O)C1CC(C(=O)Nc2ccc(-n3cccn3)nc2)=NN1c1ccccc1. The molecule has 8 nitrogen and oxygen atoms in total. The minimum atomic E-state index is -0.483. The van der Waals surface area contributed by atoms with Crippen molar-refractivity contribution in [3.63, 3.8) is 0 Å². The van der Waals surface area contributed by atoms with Gasteiger partial charge in [-0.2, -0.15) is 10.2 Å². The number of Topliss-reactive ketones (excluding diaryl/α,β-unsaturated/α-hetero) is 1. The van der Waals surface area contributed by atoms with Gasteiger partial charge in [0.2, 0.25) is 0 Å². The average Bonchev–Trinajstić information content (AvgIpc) is 3.39. The van der Waals surface area contributed by atoms with Gasteiger partial charge in [-0.15, -0.1) is 0 Å². The Hall–Kier alpha value is -3.81. The van der Waals surface area contributed by atoms with Crippen molar-refractivity contribution in [3.05, 3.63) is 67.1 Å². The Labute approximate surface area is 161 Å². The summed E-state index contributed by atoms with van der Waals surface area (Å²) in [5.41, 5.74) is 1.62. The normalized spacial score (nSPS) is 16.0. The molecule has 1 unspecified atom stereocenters. The minimum Gasteiger partial charge on any atom is -0.319 e. The van der Waals surface area contributed by atoms with E-state index in [0.29, 0.717) is 17.2 Å². The van der Waals surface area contributed by atoms with Gasteiger partial charge < -0.3 is 5.32 Å². The van der Waals surface area contributed by atoms with Crippen LogP contribution in [-0.4, -0.2) is 38.2 Å². The predicted molar refractivity (Wildman–Crippen MR) is 105 cm³/mol. The van der Waals surface area contributed by atoms with E-state index in [2.05, 4.69) is 20.5 Å². The number of pyridine rings is 1. The number of amides is 1. The molecule has 0 radical (unpaired) electrons. The third-order valence-electron chi connectivity index (χ3n) is 4.41. The Morgan fingerprint density at radius 2 is 1.93 bits per heavy atom. The second-order valence-corrected chi connectivity index (χ2v) is 6.37. The van der Waals surface area contributed by atoms with Crippen LogP contribution in [-0.2, 0) is 9.59 Å². The van der Waals surface area contributed by atoms with E-state index in [-0.39, 0.29) is 18.1 Å². The number of benzene rings is 1. The summed E-state index contributed by atoms with van der Waals surface area (Å²) >= 11 is 0. The van der Waals surface area contributed by atoms with E-state index in [1.54, 1.807) is 46.5 Å². The van der Waals surface area contributed by atoms with Crippen molar-refractivity contribution in [2.45, 2.75) is 19.4 Å². The third kappa shape index (κ3) is 3.52. The summed E-state index contributed by atoms with van der Waals surface area (Å²) in [6.07, 6.45) is 5.27. The molecule has 2 aromatic heterocycles. The fourth-order valence-electron chi connectivity index (χ4n) is 2.99. The van der Waals surface area contributed by atoms with Crippen LogP contribution >= 0.6 is 0 Å². The van der Waals surface area contributed by atoms with Gasteiger partial charge in [0.15, 0.2) is 11.6 Å². The van der Waals surface area contributed by atoms with Gasteiger partial charge in [0.1, 0.15) is 11.8 Å². The molecule has 3 aromatic rings. The number of hydrogen-bond acceptors (Lipinski definition) is 6. The molecule has 0 fully saturated rings. The lowest BCUT2D eigenvalue weighted by Gasteiger charge is -2.20. The second kappa shape index (κ2) is 7.43. The molecule has 1 aromatic carbocycles. The summed E-state index contributed by atoms with van der Waals surface area (Å²) in [5.74, 6) is 0.257. The smallest absolute Gasteiger partial charge is 0.272 e. The standard InChI is InChI=1S/C20H18N6O2/c1-14(27)18-12-17(24-26(18)16-6-3-2-4-7-16)20(28)23-15-8-9-19(21-13-15)25-11-5-10-22-25/h2-11,13,18H,12H2,1H3,(H,23,28). The van der Waals surface area contributed by atoms with Gasteiger partial charge in [-0.25, -0.2) is 9.67 Å². The number of nitrogens with one attached hydrogen (secondary N) is 1. The number of nitrogens with zero attached hydrogens (tertiary/aromatic N) is 5. The van der Waals surface area contributed by atoms with Crippen molar-refractivity contribution in [1.29, 1.82) is 0 Å². The summed E-state index contributed by atoms with van der Waals surface area (Å²) in [5, 5.41) is 12.9. The number of hydrogen-bond donors (Lipinski definition) is 1. The van der Waals surface area contributed by atoms with Gasteiger partial charge in [0.05, 0.1) is 17.6 Å². The van der Waals surface area contributed by atoms with Gasteiger partial charge in [-0.05, 0) is 37.3 Å². The lowest BCUT2D eigenvalue weighted by Crippen LogP contribution is -2.33. The number of para-hydroxylation sites is 1. The quantitative estimate of drug-likeness (QED) is 0.740. The molecule has 0 saturated heterocycles. The van der Waals surface area contributed by atoms with E-state index in [4.69, 9.17) is 0 Å². The first-order chi connectivity index (χ1) is 13.6. The van der Waals surface area contributed by atoms with Crippen molar-refractivity contribution in [1.82, 2.24) is 14.8 Å². The highest BCUT2D eigenvalue weighted by Gasteiger charge is 2.34. The molecule has 0 bridgehead atoms. The number of carbonyl (C=O) groups excluding carboxylic acids is 2. The summed E-state index contributed by atoms with van der Waals surface area (Å²) < 4.78 is 1.63. The molecule has 1 aliphatic heterocycles. The maximum Gasteiger partial charge on any atom is 0.272 e. The van der Waals surface area contributed by atoms with Crippen LogP contribution in [0, 0.1) is 0 Å². The molecule has 1 aliphatic rings. The fourth-order valence-corrected chi connectivity index (χ4v) is 2.99. The third-order valence-corrected chi connectivity index (χ3v) is 4.41. The van der Waals surface area contributed by atoms with Crippen LogP contribution in [0.4, 0.5) is 11.4 Å². The zero-order valence-corrected chi connectivity index (χ0v) is 15.2. The van der Waals surface area contributed by atoms with Crippen molar-refractivity contribution < 1.29 is 9.59 Å². The first kappa shape index (κ1) is 17.6. The average molecular weight is 374 g/mol. The van der Waals surface area contributed by atoms with Crippen LogP contribution in [0.1, 0.15) is 13.3 Å². The van der Waals surface area contributed by atoms with Crippen LogP contribution in [0.25, 0.3) is 5.82 Å². The first-order valence-corrected chi connectivity index (χ1v) is 8.81. The molecule has 8 heteroatoms. The monoisotopic (exact) mass is 374 g/mol. The van der Waals surface area contributed by atoms with Gasteiger partial charge in [-0.1, -0.05) is 18.2 Å². The van der Waals surface area contributed by atoms with Crippen molar-refractivity contribution in [2.24, 2.45) is 5.10 Å². The minimum absolute atomic E-state index is 0.0411. The second-order valence-electron chi connectivity index (χ2n) is 6.37. The molecular weight excluding hydrogens is 356 g/mol. The lowest BCUT2D eigenvalue weighted by molar-refractivity contribution is -0.118. The molecule has 1 atom stereocenters. The Bertz CT molecular complexity index is 1010. The molecule has 3 heterocycles. The van der Waals surface area contributed by atoms with Gasteiger partial charge >= 0.3 is 0 Å². The number of ketones is 1. The van der Waals surface area contributed by atoms with Crippen LogP contribution in [0.2, 0.25) is 0 Å². The van der Waals surface area contributed by atoms with Crippen LogP contribution in [0.15, 0.2) is 72.2 Å². The van der Waals surface area contributed by atoms with E-state index < -0.39 is 6.04 Å². The lowest BCUT2D eigenvalue weighted by atomic mass is 10.1. The number of anilines is 2. The van der Waals surface area contributed by atoms with Crippen LogP contribution in [0.3, 0.4) is 0 Å². The molecule has 0 aliphatic carbocycles. The molecule has 1 amide bonds. The van der Waals surface area contributed by atoms with E-state index in [1.165, 1.54) is 6.92 Å². The summed E-state index contributed by atoms with van der Waals surface area (Å²) in [4.78, 5) is 29.0. The highest BCUT2D eigenvalue weighted by Crippen LogP contribution is 2.25. The maximum atomic E-state index is 12.6. The highest BCUT2D eigenvalue weighted by molar-refractivity contribution is 6.44. The largest absolute Gasteiger partial charge is 0.319 e. The van der Waals surface area contributed by atoms with E-state index in [1.807, 2.05) is 30.3 Å². The van der Waals surface area contributed by atoms with Crippen molar-refractivity contribution >= 4 is 28.8 Å². The molecule has 140 valence electrons. The molecule has 28 heavy (non-hydrogen) atoms. The summed E-state index contributed by atoms with van der Waals surface area (Å²) in [6.45, 7) is 1.51. The Balaban J connectivity index is 1.50. The van der Waals surface area contributed by atoms with E-state index in [0.717, 1.165) is 5.69 Å². The number of hydrazone groups is 1. The van der Waals surface area contributed by atoms with Crippen LogP contribution < -0.4 is 10.3 Å². The highest BCUT2D eigenvalue weighted by atomic mass is 16.2. The zero-order valence-electron chi connectivity index (χ0n) is 15.2. The molecule has 0 saturated carbocycles. The van der Waals surface area contributed by atoms with E-state index >= 15 is 0 Å². The predicted octanol–water partition coefficient (Wildman–Crippen LogP) is 2.43. The number of carbonyl (C=O) groups is 2. The van der Waals surface area contributed by atoms with Gasteiger partial charge in [-0.3, -0.25) is 14.6 Å². The summed E-state index contributed by atoms with van der Waals surface area (Å²) in [7, 11) is 0. The zero-order chi connectivity index (χ0) is 19.5. The summed E-state index contributed by atoms with van der Waals surface area (Å²) in [6, 6.07) is 14.2. The Morgan fingerprint density at radius 1 is 1.11 bits per heavy atom. The number of rotatable bonds is 5. The molecule has 4 rings (SSSR count). The fraction of sp³-hybridized carbons (Fsp3) is 0.150. The van der Waals surface area contributed by atoms with Crippen molar-refractivity contribution in [3.8, 4) is 5.82 Å². The maximum absolute atomic E-state index is 12.6. The topological polar surface area (TPSA) is 92.5 Å². The molecule has 0 spiro atoms. The number of aromatic nitrogens is 3.